The number of carbonyl (C=O) groups excluding carboxylic acids is 1. The van der Waals surface area contributed by atoms with Crippen molar-refractivity contribution in [3.8, 4) is 0 Å². The molecule has 3 heterocycles. The van der Waals surface area contributed by atoms with Gasteiger partial charge in [0.05, 0.1) is 17.1 Å². The van der Waals surface area contributed by atoms with Crippen molar-refractivity contribution in [3.05, 3.63) is 46.7 Å². The lowest BCUT2D eigenvalue weighted by atomic mass is 10.0. The molecular formula is C21H26FN5O3S. The number of aryl methyl sites for hydroxylation is 1. The Morgan fingerprint density at radius 1 is 1.26 bits per heavy atom. The maximum Gasteiger partial charge on any atom is 0.243 e. The molecule has 0 spiro atoms. The second kappa shape index (κ2) is 8.16. The van der Waals surface area contributed by atoms with Gasteiger partial charge in [0.1, 0.15) is 17.5 Å². The van der Waals surface area contributed by atoms with Gasteiger partial charge in [0.25, 0.3) is 0 Å². The van der Waals surface area contributed by atoms with E-state index in [1.807, 2.05) is 0 Å². The quantitative estimate of drug-likeness (QED) is 0.771. The number of carbonyl (C=O) groups is 1. The molecule has 1 aromatic carbocycles. The first-order valence-electron chi connectivity index (χ1n) is 10.3. The number of rotatable bonds is 4. The van der Waals surface area contributed by atoms with Gasteiger partial charge < -0.3 is 10.2 Å². The largest absolute Gasteiger partial charge is 0.373 e. The highest BCUT2D eigenvalue weighted by Gasteiger charge is 2.36. The van der Waals surface area contributed by atoms with Crippen molar-refractivity contribution in [1.82, 2.24) is 19.2 Å². The Balaban J connectivity index is 1.58. The van der Waals surface area contributed by atoms with Crippen LogP contribution in [0.5, 0.6) is 0 Å². The zero-order chi connectivity index (χ0) is 22.3. The molecule has 2 aromatic rings. The molecule has 2 aliphatic heterocycles. The van der Waals surface area contributed by atoms with Crippen molar-refractivity contribution < 1.29 is 17.6 Å². The third kappa shape index (κ3) is 4.01. The molecule has 1 aromatic heterocycles. The molecule has 0 radical (unpaired) electrons. The van der Waals surface area contributed by atoms with E-state index >= 15 is 0 Å². The van der Waals surface area contributed by atoms with Gasteiger partial charge in [-0.1, -0.05) is 6.07 Å². The van der Waals surface area contributed by atoms with E-state index in [9.17, 15) is 17.6 Å². The van der Waals surface area contributed by atoms with Crippen LogP contribution in [-0.2, 0) is 27.8 Å². The Morgan fingerprint density at radius 2 is 2.03 bits per heavy atom. The average Bonchev–Trinajstić information content (AvgIpc) is 3.25. The highest BCUT2D eigenvalue weighted by atomic mass is 32.2. The molecular weight excluding hydrogens is 421 g/mol. The predicted molar refractivity (Wildman–Crippen MR) is 114 cm³/mol. The standard InChI is InChI=1S/C21H26FN5O3S/c1-13-4-5-16(10-18(13)22)31(29,30)27-9-6-15(11-27)20-24-19-7-8-26(14(2)28)12-17(19)21(23-3)25-20/h4-5,10,15H,6-9,11-12H2,1-3H3,(H,23,24,25)/t15-/m0/s1. The van der Waals surface area contributed by atoms with Crippen LogP contribution >= 0.6 is 0 Å². The van der Waals surface area contributed by atoms with Crippen molar-refractivity contribution >= 4 is 21.7 Å². The number of hydrogen-bond acceptors (Lipinski definition) is 6. The Labute approximate surface area is 181 Å². The minimum Gasteiger partial charge on any atom is -0.373 e. The van der Waals surface area contributed by atoms with Crippen LogP contribution in [0, 0.1) is 12.7 Å². The molecule has 1 fully saturated rings. The highest BCUT2D eigenvalue weighted by molar-refractivity contribution is 7.89. The molecule has 8 nitrogen and oxygen atoms in total. The van der Waals surface area contributed by atoms with Crippen molar-refractivity contribution in [2.75, 3.05) is 32.0 Å². The maximum atomic E-state index is 13.9. The van der Waals surface area contributed by atoms with Crippen LogP contribution < -0.4 is 5.32 Å². The van der Waals surface area contributed by atoms with E-state index in [4.69, 9.17) is 4.98 Å². The summed E-state index contributed by atoms with van der Waals surface area (Å²) >= 11 is 0. The first-order valence-corrected chi connectivity index (χ1v) is 11.7. The Hall–Kier alpha value is -2.59. The first-order chi connectivity index (χ1) is 14.7. The summed E-state index contributed by atoms with van der Waals surface area (Å²) in [5, 5.41) is 3.09. The van der Waals surface area contributed by atoms with Gasteiger partial charge in [-0.15, -0.1) is 0 Å². The number of nitrogens with zero attached hydrogens (tertiary/aromatic N) is 4. The van der Waals surface area contributed by atoms with Gasteiger partial charge in [-0.3, -0.25) is 4.79 Å². The van der Waals surface area contributed by atoms with Crippen molar-refractivity contribution in [3.63, 3.8) is 0 Å². The fourth-order valence-corrected chi connectivity index (χ4v) is 5.64. The lowest BCUT2D eigenvalue weighted by Crippen LogP contribution is -2.35. The lowest BCUT2D eigenvalue weighted by Gasteiger charge is -2.29. The predicted octanol–water partition coefficient (Wildman–Crippen LogP) is 2.05. The monoisotopic (exact) mass is 447 g/mol. The topological polar surface area (TPSA) is 95.5 Å². The molecule has 1 N–H and O–H groups in total. The summed E-state index contributed by atoms with van der Waals surface area (Å²) in [4.78, 5) is 22.9. The fourth-order valence-electron chi connectivity index (χ4n) is 4.13. The average molecular weight is 448 g/mol. The van der Waals surface area contributed by atoms with E-state index in [0.717, 1.165) is 17.3 Å². The molecule has 0 saturated carbocycles. The van der Waals surface area contributed by atoms with E-state index in [1.54, 1.807) is 25.8 Å². The van der Waals surface area contributed by atoms with E-state index in [1.165, 1.54) is 16.4 Å². The number of benzene rings is 1. The van der Waals surface area contributed by atoms with Gasteiger partial charge in [-0.05, 0) is 31.0 Å². The second-order valence-electron chi connectivity index (χ2n) is 8.06. The minimum absolute atomic E-state index is 0.0148. The van der Waals surface area contributed by atoms with Crippen molar-refractivity contribution in [2.24, 2.45) is 0 Å². The summed E-state index contributed by atoms with van der Waals surface area (Å²) in [6.45, 7) is 4.79. The van der Waals surface area contributed by atoms with E-state index < -0.39 is 15.8 Å². The van der Waals surface area contributed by atoms with Crippen LogP contribution in [0.15, 0.2) is 23.1 Å². The summed E-state index contributed by atoms with van der Waals surface area (Å²) in [5.74, 6) is 0.613. The normalized spacial score (nSPS) is 19.4. The van der Waals surface area contributed by atoms with E-state index in [2.05, 4.69) is 10.3 Å². The Bertz CT molecular complexity index is 1120. The molecule has 4 rings (SSSR count). The van der Waals surface area contributed by atoms with Gasteiger partial charge in [-0.2, -0.15) is 4.31 Å². The number of aromatic nitrogens is 2. The number of halogens is 1. The molecule has 1 atom stereocenters. The molecule has 1 saturated heterocycles. The number of fused-ring (bicyclic) bond motifs is 1. The number of hydrogen-bond donors (Lipinski definition) is 1. The second-order valence-corrected chi connectivity index (χ2v) is 9.99. The van der Waals surface area contributed by atoms with Crippen molar-refractivity contribution in [2.45, 2.75) is 44.0 Å². The molecule has 0 aliphatic carbocycles. The van der Waals surface area contributed by atoms with Crippen LogP contribution in [-0.4, -0.2) is 60.2 Å². The maximum absolute atomic E-state index is 13.9. The van der Waals surface area contributed by atoms with Crippen LogP contribution in [0.1, 0.15) is 41.9 Å². The Morgan fingerprint density at radius 3 is 2.71 bits per heavy atom. The smallest absolute Gasteiger partial charge is 0.243 e. The molecule has 2 aliphatic rings. The van der Waals surface area contributed by atoms with Crippen LogP contribution in [0.4, 0.5) is 10.2 Å². The van der Waals surface area contributed by atoms with E-state index in [0.29, 0.717) is 49.7 Å². The summed E-state index contributed by atoms with van der Waals surface area (Å²) in [5.41, 5.74) is 2.21. The van der Waals surface area contributed by atoms with Crippen LogP contribution in [0.2, 0.25) is 0 Å². The Kier molecular flexibility index (Phi) is 5.69. The zero-order valence-corrected chi connectivity index (χ0v) is 18.7. The van der Waals surface area contributed by atoms with Gasteiger partial charge in [-0.25, -0.2) is 22.8 Å². The molecule has 31 heavy (non-hydrogen) atoms. The summed E-state index contributed by atoms with van der Waals surface area (Å²) < 4.78 is 41.3. The van der Waals surface area contributed by atoms with Gasteiger partial charge in [0.2, 0.25) is 15.9 Å². The number of anilines is 1. The van der Waals surface area contributed by atoms with Gasteiger partial charge in [0, 0.05) is 51.5 Å². The highest BCUT2D eigenvalue weighted by Crippen LogP contribution is 2.32. The molecule has 0 unspecified atom stereocenters. The molecule has 0 bridgehead atoms. The summed E-state index contributed by atoms with van der Waals surface area (Å²) in [6.07, 6.45) is 1.23. The molecule has 10 heteroatoms. The number of nitrogens with one attached hydrogen (secondary N) is 1. The first kappa shape index (κ1) is 21.6. The van der Waals surface area contributed by atoms with Gasteiger partial charge >= 0.3 is 0 Å². The summed E-state index contributed by atoms with van der Waals surface area (Å²) in [6, 6.07) is 4.00. The molecule has 166 valence electrons. The third-order valence-electron chi connectivity index (χ3n) is 6.06. The minimum atomic E-state index is -3.79. The van der Waals surface area contributed by atoms with Crippen molar-refractivity contribution in [1.29, 1.82) is 0 Å². The van der Waals surface area contributed by atoms with Gasteiger partial charge in [0.15, 0.2) is 0 Å². The molecule has 1 amide bonds. The zero-order valence-electron chi connectivity index (χ0n) is 17.9. The lowest BCUT2D eigenvalue weighted by molar-refractivity contribution is -0.129. The van der Waals surface area contributed by atoms with E-state index in [-0.39, 0.29) is 23.3 Å². The summed E-state index contributed by atoms with van der Waals surface area (Å²) in [7, 11) is -2.02. The van der Waals surface area contributed by atoms with Crippen LogP contribution in [0.3, 0.4) is 0 Å². The number of amides is 1. The third-order valence-corrected chi connectivity index (χ3v) is 7.92. The SMILES string of the molecule is CNc1nc([C@H]2CCN(S(=O)(=O)c3ccc(C)c(F)c3)C2)nc2c1CN(C(C)=O)CC2. The fraction of sp³-hybridized carbons (Fsp3) is 0.476. The van der Waals surface area contributed by atoms with Crippen LogP contribution in [0.25, 0.3) is 0 Å². The number of sulfonamides is 1.